The first-order valence-corrected chi connectivity index (χ1v) is 13.2. The van der Waals surface area contributed by atoms with Gasteiger partial charge in [-0.05, 0) is 97.2 Å². The maximum atomic E-state index is 13.4. The number of Topliss-reactive ketones (excluding diaryl/α,β-unsaturated/α-hetero) is 1. The fourth-order valence-corrected chi connectivity index (χ4v) is 9.48. The molecule has 0 spiro atoms. The second-order valence-electron chi connectivity index (χ2n) is 13.0. The summed E-state index contributed by atoms with van der Waals surface area (Å²) in [7, 11) is 0. The molecule has 0 bridgehead atoms. The van der Waals surface area contributed by atoms with E-state index in [1.807, 2.05) is 0 Å². The Morgan fingerprint density at radius 3 is 2.38 bits per heavy atom. The Labute approximate surface area is 181 Å². The van der Waals surface area contributed by atoms with Crippen molar-refractivity contribution in [1.29, 1.82) is 0 Å². The molecule has 0 saturated heterocycles. The quantitative estimate of drug-likeness (QED) is 0.458. The van der Waals surface area contributed by atoms with Crippen molar-refractivity contribution in [3.05, 3.63) is 0 Å². The fourth-order valence-electron chi connectivity index (χ4n) is 9.48. The average molecular weight is 401 g/mol. The van der Waals surface area contributed by atoms with Gasteiger partial charge in [0, 0.05) is 12.3 Å². The summed E-state index contributed by atoms with van der Waals surface area (Å²) in [5.74, 6) is 6.62. The van der Waals surface area contributed by atoms with Gasteiger partial charge in [-0.3, -0.25) is 4.79 Å². The number of rotatable bonds is 5. The van der Waals surface area contributed by atoms with E-state index in [1.54, 1.807) is 0 Å². The molecule has 166 valence electrons. The van der Waals surface area contributed by atoms with Crippen molar-refractivity contribution in [2.75, 3.05) is 0 Å². The van der Waals surface area contributed by atoms with Gasteiger partial charge < -0.3 is 0 Å². The first kappa shape index (κ1) is 21.9. The number of carbonyl (C=O) groups is 1. The van der Waals surface area contributed by atoms with Crippen LogP contribution in [-0.4, -0.2) is 5.78 Å². The molecule has 1 nitrogen and oxygen atoms in total. The molecule has 4 rings (SSSR count). The van der Waals surface area contributed by atoms with Crippen LogP contribution in [0, 0.1) is 58.2 Å². The Morgan fingerprint density at radius 2 is 1.66 bits per heavy atom. The van der Waals surface area contributed by atoms with Crippen molar-refractivity contribution < 1.29 is 4.79 Å². The maximum absolute atomic E-state index is 13.4. The van der Waals surface area contributed by atoms with Crippen LogP contribution in [0.2, 0.25) is 0 Å². The lowest BCUT2D eigenvalue weighted by molar-refractivity contribution is -0.128. The van der Waals surface area contributed by atoms with E-state index in [-0.39, 0.29) is 0 Å². The number of ketones is 1. The molecular weight excluding hydrogens is 352 g/mol. The van der Waals surface area contributed by atoms with Crippen molar-refractivity contribution in [2.45, 2.75) is 112 Å². The highest BCUT2D eigenvalue weighted by Crippen LogP contribution is 2.68. The Morgan fingerprint density at radius 1 is 0.931 bits per heavy atom. The van der Waals surface area contributed by atoms with Crippen molar-refractivity contribution in [1.82, 2.24) is 0 Å². The minimum absolute atomic E-state index is 0.291. The van der Waals surface area contributed by atoms with E-state index in [0.29, 0.717) is 34.4 Å². The predicted octanol–water partition coefficient (Wildman–Crippen LogP) is 7.92. The lowest BCUT2D eigenvalue weighted by atomic mass is 9.44. The summed E-state index contributed by atoms with van der Waals surface area (Å²) in [5, 5.41) is 0. The van der Waals surface area contributed by atoms with Gasteiger partial charge in [0.15, 0.2) is 0 Å². The van der Waals surface area contributed by atoms with Crippen LogP contribution in [0.1, 0.15) is 112 Å². The number of hydrogen-bond acceptors (Lipinski definition) is 1. The van der Waals surface area contributed by atoms with E-state index >= 15 is 0 Å². The molecule has 0 aromatic heterocycles. The van der Waals surface area contributed by atoms with Crippen LogP contribution in [0.25, 0.3) is 0 Å². The zero-order chi connectivity index (χ0) is 21.0. The molecule has 0 amide bonds. The van der Waals surface area contributed by atoms with E-state index in [4.69, 9.17) is 0 Å². The molecule has 4 saturated carbocycles. The maximum Gasteiger partial charge on any atom is 0.137 e. The van der Waals surface area contributed by atoms with E-state index in [0.717, 1.165) is 36.0 Å². The van der Waals surface area contributed by atoms with Gasteiger partial charge in [0.25, 0.3) is 0 Å². The van der Waals surface area contributed by atoms with Gasteiger partial charge in [0.05, 0.1) is 0 Å². The molecule has 1 heteroatoms. The summed E-state index contributed by atoms with van der Waals surface area (Å²) < 4.78 is 0. The normalized spacial score (nSPS) is 48.2. The third-order valence-corrected chi connectivity index (χ3v) is 10.8. The zero-order valence-corrected chi connectivity index (χ0v) is 20.3. The highest BCUT2D eigenvalue weighted by Gasteiger charge is 2.62. The first-order chi connectivity index (χ1) is 13.7. The van der Waals surface area contributed by atoms with Gasteiger partial charge in [-0.2, -0.15) is 0 Å². The van der Waals surface area contributed by atoms with Gasteiger partial charge in [0.1, 0.15) is 5.78 Å². The van der Waals surface area contributed by atoms with Crippen molar-refractivity contribution in [2.24, 2.45) is 58.2 Å². The Kier molecular flexibility index (Phi) is 6.02. The fraction of sp³-hybridized carbons (Fsp3) is 0.964. The SMILES string of the molecule is CC(C)CCC[C@@H](C)[C@H]1C(=O)C[C@H]2[C@@H]3CCC4CCC(C)C[C@]4(C)[C@H]3CC[C@]12C. The second-order valence-corrected chi connectivity index (χ2v) is 13.0. The molecule has 4 fully saturated rings. The minimum Gasteiger partial charge on any atom is -0.299 e. The molecule has 0 aliphatic heterocycles. The third kappa shape index (κ3) is 3.65. The number of hydrogen-bond donors (Lipinski definition) is 0. The van der Waals surface area contributed by atoms with E-state index in [1.165, 1.54) is 64.2 Å². The predicted molar refractivity (Wildman–Crippen MR) is 123 cm³/mol. The molecule has 29 heavy (non-hydrogen) atoms. The Balaban J connectivity index is 1.52. The molecular formula is C28H48O. The Hall–Kier alpha value is -0.330. The molecule has 4 aliphatic rings. The van der Waals surface area contributed by atoms with Gasteiger partial charge in [-0.1, -0.05) is 60.8 Å². The van der Waals surface area contributed by atoms with Crippen molar-refractivity contribution >= 4 is 5.78 Å². The van der Waals surface area contributed by atoms with E-state index in [9.17, 15) is 4.79 Å². The van der Waals surface area contributed by atoms with Gasteiger partial charge in [-0.15, -0.1) is 0 Å². The topological polar surface area (TPSA) is 17.1 Å². The summed E-state index contributed by atoms with van der Waals surface area (Å²) in [4.78, 5) is 13.4. The average Bonchev–Trinajstić information content (AvgIpc) is 2.90. The Bertz CT molecular complexity index is 607. The van der Waals surface area contributed by atoms with E-state index in [2.05, 4.69) is 41.5 Å². The minimum atomic E-state index is 0.291. The van der Waals surface area contributed by atoms with Crippen LogP contribution >= 0.6 is 0 Å². The molecule has 4 aliphatic carbocycles. The van der Waals surface area contributed by atoms with Crippen molar-refractivity contribution in [3.8, 4) is 0 Å². The van der Waals surface area contributed by atoms with Gasteiger partial charge in [0.2, 0.25) is 0 Å². The molecule has 9 atom stereocenters. The first-order valence-electron chi connectivity index (χ1n) is 13.2. The number of fused-ring (bicyclic) bond motifs is 5. The zero-order valence-electron chi connectivity index (χ0n) is 20.3. The lowest BCUT2D eigenvalue weighted by Gasteiger charge is -2.61. The summed E-state index contributed by atoms with van der Waals surface area (Å²) in [6.45, 7) is 14.8. The van der Waals surface area contributed by atoms with E-state index < -0.39 is 0 Å². The molecule has 0 N–H and O–H groups in total. The molecule has 0 heterocycles. The monoisotopic (exact) mass is 400 g/mol. The van der Waals surface area contributed by atoms with Crippen LogP contribution in [0.5, 0.6) is 0 Å². The van der Waals surface area contributed by atoms with Crippen molar-refractivity contribution in [3.63, 3.8) is 0 Å². The molecule has 0 radical (unpaired) electrons. The highest BCUT2D eigenvalue weighted by atomic mass is 16.1. The second kappa shape index (κ2) is 7.98. The van der Waals surface area contributed by atoms with Crippen LogP contribution < -0.4 is 0 Å². The third-order valence-electron chi connectivity index (χ3n) is 10.8. The van der Waals surface area contributed by atoms with Gasteiger partial charge in [-0.25, -0.2) is 0 Å². The summed E-state index contributed by atoms with van der Waals surface area (Å²) >= 11 is 0. The van der Waals surface area contributed by atoms with Crippen LogP contribution in [0.4, 0.5) is 0 Å². The summed E-state index contributed by atoms with van der Waals surface area (Å²) in [6.07, 6.45) is 14.7. The largest absolute Gasteiger partial charge is 0.299 e. The molecule has 0 aromatic rings. The van der Waals surface area contributed by atoms with Gasteiger partial charge >= 0.3 is 0 Å². The summed E-state index contributed by atoms with van der Waals surface area (Å²) in [6, 6.07) is 0. The summed E-state index contributed by atoms with van der Waals surface area (Å²) in [5.41, 5.74) is 0.852. The highest BCUT2D eigenvalue weighted by molar-refractivity contribution is 5.85. The number of carbonyl (C=O) groups excluding carboxylic acids is 1. The standard InChI is InChI=1S/C28H48O/c1-18(2)8-7-9-20(4)26-25(29)16-24-22-13-12-21-11-10-19(3)17-28(21,6)23(22)14-15-27(24,26)5/h18-24,26H,7-17H2,1-6H3/t19?,20-,21?,22-,23+,24+,26+,27+,28+/m1/s1. The smallest absolute Gasteiger partial charge is 0.137 e. The van der Waals surface area contributed by atoms with Crippen LogP contribution in [0.3, 0.4) is 0 Å². The molecule has 2 unspecified atom stereocenters. The van der Waals surface area contributed by atoms with Crippen LogP contribution in [0.15, 0.2) is 0 Å². The lowest BCUT2D eigenvalue weighted by Crippen LogP contribution is -2.53. The molecule has 0 aromatic carbocycles. The van der Waals surface area contributed by atoms with Crippen LogP contribution in [-0.2, 0) is 4.79 Å².